The molecule has 33 heavy (non-hydrogen) atoms. The summed E-state index contributed by atoms with van der Waals surface area (Å²) in [6.07, 6.45) is 4.87. The van der Waals surface area contributed by atoms with E-state index in [4.69, 9.17) is 21.7 Å². The summed E-state index contributed by atoms with van der Waals surface area (Å²) in [5.74, 6) is 0.696. The van der Waals surface area contributed by atoms with Crippen LogP contribution in [0.15, 0.2) is 89.9 Å². The van der Waals surface area contributed by atoms with Crippen molar-refractivity contribution in [3.63, 3.8) is 0 Å². The Labute approximate surface area is 195 Å². The minimum Gasteiger partial charge on any atom is -0.292 e. The van der Waals surface area contributed by atoms with E-state index in [1.165, 1.54) is 0 Å². The highest BCUT2D eigenvalue weighted by Crippen LogP contribution is 2.32. The molecule has 0 radical (unpaired) electrons. The molecule has 1 aliphatic rings. The van der Waals surface area contributed by atoms with Crippen LogP contribution in [0.2, 0.25) is 5.02 Å². The van der Waals surface area contributed by atoms with Gasteiger partial charge < -0.3 is 0 Å². The Bertz CT molecular complexity index is 1580. The fourth-order valence-electron chi connectivity index (χ4n) is 4.34. The van der Waals surface area contributed by atoms with Gasteiger partial charge in [-0.15, -0.1) is 0 Å². The van der Waals surface area contributed by atoms with Crippen LogP contribution in [0.25, 0.3) is 39.5 Å². The first-order valence-corrected chi connectivity index (χ1v) is 11.2. The average Bonchev–Trinajstić information content (AvgIpc) is 3.45. The van der Waals surface area contributed by atoms with Gasteiger partial charge in [-0.3, -0.25) is 9.36 Å². The van der Waals surface area contributed by atoms with Gasteiger partial charge in [-0.2, -0.15) is 5.10 Å². The quantitative estimate of drug-likeness (QED) is 0.346. The molecule has 0 saturated carbocycles. The number of aromatic nitrogens is 4. The Morgan fingerprint density at radius 3 is 2.48 bits per heavy atom. The maximum Gasteiger partial charge on any atom is 0.261 e. The number of fused-ring (bicyclic) bond motifs is 2. The number of nitrogens with zero attached hydrogens (tertiary/aromatic N) is 4. The smallest absolute Gasteiger partial charge is 0.261 e. The van der Waals surface area contributed by atoms with E-state index >= 15 is 0 Å². The van der Waals surface area contributed by atoms with Gasteiger partial charge in [0, 0.05) is 28.9 Å². The van der Waals surface area contributed by atoms with E-state index in [2.05, 4.69) is 18.2 Å². The van der Waals surface area contributed by atoms with Crippen LogP contribution in [0.5, 0.6) is 0 Å². The molecule has 0 atom stereocenters. The number of allylic oxidation sites excluding steroid dienone is 1. The summed E-state index contributed by atoms with van der Waals surface area (Å²) < 4.78 is 3.65. The lowest BCUT2D eigenvalue weighted by atomic mass is 10.1. The third kappa shape index (κ3) is 3.47. The van der Waals surface area contributed by atoms with Crippen LogP contribution in [0.4, 0.5) is 0 Å². The van der Waals surface area contributed by atoms with Crippen molar-refractivity contribution in [3.8, 4) is 16.9 Å². The third-order valence-electron chi connectivity index (χ3n) is 5.95. The summed E-state index contributed by atoms with van der Waals surface area (Å²) in [6, 6.07) is 25.4. The van der Waals surface area contributed by atoms with Crippen LogP contribution in [-0.4, -0.2) is 19.3 Å². The van der Waals surface area contributed by atoms with Crippen molar-refractivity contribution in [1.82, 2.24) is 19.3 Å². The molecule has 6 rings (SSSR count). The van der Waals surface area contributed by atoms with E-state index in [-0.39, 0.29) is 5.56 Å². The second-order valence-electron chi connectivity index (χ2n) is 8.05. The largest absolute Gasteiger partial charge is 0.292 e. The molecular formula is C27H19ClN4O. The van der Waals surface area contributed by atoms with Crippen molar-refractivity contribution >= 4 is 34.2 Å². The first-order valence-electron chi connectivity index (χ1n) is 10.8. The van der Waals surface area contributed by atoms with Gasteiger partial charge in [0.05, 0.1) is 22.3 Å². The van der Waals surface area contributed by atoms with Crippen LogP contribution in [0.1, 0.15) is 17.8 Å². The highest BCUT2D eigenvalue weighted by Gasteiger charge is 2.22. The highest BCUT2D eigenvalue weighted by atomic mass is 35.5. The molecule has 0 spiro atoms. The summed E-state index contributed by atoms with van der Waals surface area (Å²) in [6.45, 7) is 0.610. The van der Waals surface area contributed by atoms with Crippen molar-refractivity contribution in [2.45, 2.75) is 13.0 Å². The first-order chi connectivity index (χ1) is 16.2. The van der Waals surface area contributed by atoms with Gasteiger partial charge in [0.1, 0.15) is 5.82 Å². The topological polar surface area (TPSA) is 52.7 Å². The van der Waals surface area contributed by atoms with Gasteiger partial charge in [-0.05, 0) is 48.4 Å². The zero-order valence-corrected chi connectivity index (χ0v) is 18.4. The Hall–Kier alpha value is -3.96. The van der Waals surface area contributed by atoms with Crippen LogP contribution in [0.3, 0.4) is 0 Å². The molecule has 3 aromatic carbocycles. The number of benzene rings is 3. The minimum absolute atomic E-state index is 0.0293. The Morgan fingerprint density at radius 1 is 0.939 bits per heavy atom. The fraction of sp³-hybridized carbons (Fsp3) is 0.0741. The normalized spacial score (nSPS) is 14.2. The standard InChI is InChI=1S/C27H19ClN4O/c28-21-11-12-23-24(16-21)29-26-19(13-14-31(26)27(23)33)15-20-17-32(22-9-5-2-6-10-22)30-25(20)18-7-3-1-4-8-18/h1-12,15-17H,13-14H2. The van der Waals surface area contributed by atoms with Crippen molar-refractivity contribution in [2.24, 2.45) is 0 Å². The second-order valence-corrected chi connectivity index (χ2v) is 8.49. The van der Waals surface area contributed by atoms with E-state index in [0.29, 0.717) is 28.3 Å². The molecule has 6 heteroatoms. The molecule has 0 bridgehead atoms. The second kappa shape index (κ2) is 7.87. The van der Waals surface area contributed by atoms with Crippen molar-refractivity contribution in [1.29, 1.82) is 0 Å². The van der Waals surface area contributed by atoms with Crippen LogP contribution < -0.4 is 5.56 Å². The Balaban J connectivity index is 1.53. The zero-order chi connectivity index (χ0) is 22.4. The Kier molecular flexibility index (Phi) is 4.70. The molecule has 5 aromatic rings. The van der Waals surface area contributed by atoms with Gasteiger partial charge in [0.15, 0.2) is 0 Å². The maximum atomic E-state index is 13.0. The van der Waals surface area contributed by atoms with E-state index in [9.17, 15) is 4.79 Å². The molecule has 160 valence electrons. The molecule has 0 amide bonds. The fourth-order valence-corrected chi connectivity index (χ4v) is 4.51. The van der Waals surface area contributed by atoms with Gasteiger partial charge in [0.25, 0.3) is 5.56 Å². The summed E-state index contributed by atoms with van der Waals surface area (Å²) >= 11 is 6.16. The van der Waals surface area contributed by atoms with Gasteiger partial charge >= 0.3 is 0 Å². The lowest BCUT2D eigenvalue weighted by molar-refractivity contribution is 0.725. The molecule has 0 aliphatic carbocycles. The van der Waals surface area contributed by atoms with Crippen LogP contribution in [-0.2, 0) is 6.54 Å². The first kappa shape index (κ1) is 19.7. The average molecular weight is 451 g/mol. The summed E-state index contributed by atoms with van der Waals surface area (Å²) in [4.78, 5) is 17.8. The van der Waals surface area contributed by atoms with E-state index in [1.54, 1.807) is 22.8 Å². The van der Waals surface area contributed by atoms with Crippen LogP contribution in [0, 0.1) is 0 Å². The lowest BCUT2D eigenvalue weighted by Crippen LogP contribution is -2.20. The van der Waals surface area contributed by atoms with Gasteiger partial charge in [0.2, 0.25) is 0 Å². The molecule has 0 unspecified atom stereocenters. The third-order valence-corrected chi connectivity index (χ3v) is 6.18. The van der Waals surface area contributed by atoms with Crippen LogP contribution >= 0.6 is 11.6 Å². The number of halogens is 1. The van der Waals surface area contributed by atoms with E-state index < -0.39 is 0 Å². The molecule has 0 N–H and O–H groups in total. The molecule has 5 nitrogen and oxygen atoms in total. The van der Waals surface area contributed by atoms with Crippen molar-refractivity contribution in [2.75, 3.05) is 0 Å². The number of hydrogen-bond donors (Lipinski definition) is 0. The molecule has 3 heterocycles. The molecule has 0 saturated heterocycles. The molecule has 1 aliphatic heterocycles. The van der Waals surface area contributed by atoms with E-state index in [0.717, 1.165) is 34.5 Å². The van der Waals surface area contributed by atoms with Gasteiger partial charge in [-0.1, -0.05) is 60.1 Å². The molecular weight excluding hydrogens is 432 g/mol. The minimum atomic E-state index is -0.0293. The number of hydrogen-bond acceptors (Lipinski definition) is 3. The summed E-state index contributed by atoms with van der Waals surface area (Å²) in [5.41, 5.74) is 5.49. The monoisotopic (exact) mass is 450 g/mol. The predicted octanol–water partition coefficient (Wildman–Crippen LogP) is 5.85. The van der Waals surface area contributed by atoms with Gasteiger partial charge in [-0.25, -0.2) is 9.67 Å². The van der Waals surface area contributed by atoms with E-state index in [1.807, 2.05) is 59.4 Å². The van der Waals surface area contributed by atoms with Crippen molar-refractivity contribution in [3.05, 3.63) is 112 Å². The molecule has 0 fully saturated rings. The number of para-hydroxylation sites is 1. The Morgan fingerprint density at radius 2 is 1.70 bits per heavy atom. The zero-order valence-electron chi connectivity index (χ0n) is 17.6. The predicted molar refractivity (Wildman–Crippen MR) is 133 cm³/mol. The summed E-state index contributed by atoms with van der Waals surface area (Å²) in [5, 5.41) is 6.05. The maximum absolute atomic E-state index is 13.0. The highest BCUT2D eigenvalue weighted by molar-refractivity contribution is 6.31. The summed E-state index contributed by atoms with van der Waals surface area (Å²) in [7, 11) is 0. The number of rotatable bonds is 3. The SMILES string of the molecule is O=c1c2ccc(Cl)cc2nc2n1CCC2=Cc1cn(-c2ccccc2)nc1-c1ccccc1. The lowest BCUT2D eigenvalue weighted by Gasteiger charge is -2.06. The molecule has 2 aromatic heterocycles. The van der Waals surface area contributed by atoms with Crippen molar-refractivity contribution < 1.29 is 0 Å².